The largest absolute Gasteiger partial charge is 0.378 e. The Morgan fingerprint density at radius 1 is 0.430 bits per heavy atom. The third kappa shape index (κ3) is 18.3. The van der Waals surface area contributed by atoms with E-state index in [1.165, 1.54) is 34.0 Å². The second-order valence-electron chi connectivity index (χ2n) is 24.1. The number of amides is 3. The molecule has 6 N–H and O–H groups in total. The van der Waals surface area contributed by atoms with Crippen LogP contribution in [0.2, 0.25) is 0 Å². The second-order valence-corrected chi connectivity index (χ2v) is 26.7. The van der Waals surface area contributed by atoms with Gasteiger partial charge in [-0.3, -0.25) is 29.3 Å². The molecule has 0 aliphatic carbocycles. The van der Waals surface area contributed by atoms with Crippen LogP contribution in [0.4, 0.5) is 66.6 Å². The molecule has 2 saturated heterocycles. The Bertz CT molecular complexity index is 4750. The monoisotopic (exact) mass is 1380 g/mol. The van der Waals surface area contributed by atoms with E-state index in [0.29, 0.717) is 29.9 Å². The number of anilines is 12. The number of nitrogens with zero attached hydrogens (tertiary/aromatic N) is 10. The van der Waals surface area contributed by atoms with E-state index in [9.17, 15) is 14.4 Å². The highest BCUT2D eigenvalue weighted by Gasteiger charge is 2.19. The summed E-state index contributed by atoms with van der Waals surface area (Å²) >= 11 is 4.59. The molecule has 0 radical (unpaired) electrons. The molecule has 2 aliphatic rings. The molecule has 8 heterocycles. The van der Waals surface area contributed by atoms with E-state index < -0.39 is 0 Å². The third-order valence-electron chi connectivity index (χ3n) is 16.7. The average molecular weight is 1390 g/mol. The maximum Gasteiger partial charge on any atom is 0.255 e. The molecule has 20 nitrogen and oxygen atoms in total. The Labute approximate surface area is 593 Å². The van der Waals surface area contributed by atoms with Gasteiger partial charge in [-0.05, 0) is 172 Å². The lowest BCUT2D eigenvalue weighted by atomic mass is 10.1. The summed E-state index contributed by atoms with van der Waals surface area (Å²) in [6, 6.07) is 52.3. The Kier molecular flexibility index (Phi) is 22.6. The van der Waals surface area contributed by atoms with Crippen molar-refractivity contribution in [3.63, 3.8) is 0 Å². The molecule has 14 rings (SSSR count). The Hall–Kier alpha value is -11.2. The lowest BCUT2D eigenvalue weighted by Gasteiger charge is -2.34. The minimum atomic E-state index is -0.147. The van der Waals surface area contributed by atoms with Crippen molar-refractivity contribution in [3.8, 4) is 33.8 Å². The van der Waals surface area contributed by atoms with E-state index in [1.54, 1.807) is 37.2 Å². The molecular formula is C77H76N16O4S3. The van der Waals surface area contributed by atoms with Gasteiger partial charge in [-0.15, -0.1) is 34.0 Å². The Balaban J connectivity index is 0.000000142. The van der Waals surface area contributed by atoms with Gasteiger partial charge in [0.25, 0.3) is 17.7 Å². The van der Waals surface area contributed by atoms with Gasteiger partial charge in [0.05, 0.1) is 30.3 Å². The zero-order valence-corrected chi connectivity index (χ0v) is 58.7. The topological polar surface area (TPSA) is 223 Å². The molecule has 6 aromatic heterocycles. The van der Waals surface area contributed by atoms with Gasteiger partial charge in [-0.1, -0.05) is 36.4 Å². The maximum atomic E-state index is 13.0. The average Bonchev–Trinajstić information content (AvgIpc) is 1.11. The number of rotatable bonds is 18. The number of ether oxygens (including phenoxy) is 1. The minimum Gasteiger partial charge on any atom is -0.378 e. The molecule has 6 aromatic carbocycles. The molecule has 0 atom stereocenters. The van der Waals surface area contributed by atoms with Crippen molar-refractivity contribution < 1.29 is 19.1 Å². The van der Waals surface area contributed by atoms with Gasteiger partial charge >= 0.3 is 0 Å². The first-order valence-corrected chi connectivity index (χ1v) is 35.2. The maximum absolute atomic E-state index is 13.0. The van der Waals surface area contributed by atoms with Gasteiger partial charge in [0, 0.05) is 191 Å². The fraction of sp³-hybridized carbons (Fsp3) is 0.182. The van der Waals surface area contributed by atoms with Crippen molar-refractivity contribution in [3.05, 3.63) is 250 Å². The summed E-state index contributed by atoms with van der Waals surface area (Å²) in [6.07, 6.45) is 10.6. The van der Waals surface area contributed by atoms with Gasteiger partial charge in [0.15, 0.2) is 15.4 Å². The number of carbonyl (C=O) groups is 3. The number of thiazole rings is 3. The first-order chi connectivity index (χ1) is 48.7. The highest BCUT2D eigenvalue weighted by molar-refractivity contribution is 7.14. The van der Waals surface area contributed by atoms with Gasteiger partial charge in [0.2, 0.25) is 0 Å². The van der Waals surface area contributed by atoms with Crippen LogP contribution < -0.4 is 46.6 Å². The first kappa shape index (κ1) is 68.7. The van der Waals surface area contributed by atoms with Crippen molar-refractivity contribution in [2.24, 2.45) is 0 Å². The second kappa shape index (κ2) is 32.9. The van der Waals surface area contributed by atoms with Gasteiger partial charge in [-0.25, -0.2) is 15.0 Å². The summed E-state index contributed by atoms with van der Waals surface area (Å²) in [6.45, 7) is 13.1. The zero-order valence-electron chi connectivity index (χ0n) is 56.3. The van der Waals surface area contributed by atoms with Gasteiger partial charge < -0.3 is 56.2 Å². The lowest BCUT2D eigenvalue weighted by Crippen LogP contribution is -2.44. The SMILES string of the molecule is Cc1ccc(NC(=O)c2cccc(N(C)C)c2)cc1Nc1nc(-c2cccnc2)cs1.Cc1ccc(NC(=O)c2cccc(N3CCN(C)CC3)c2)cc1Nc1nc(-c2cccnc2)cs1.Cc1ccc(NC(=O)c2cccc(N3CCOCC3)c2)cc1Nc1nc(-c2cccnc2)cs1. The van der Waals surface area contributed by atoms with E-state index in [-0.39, 0.29) is 17.7 Å². The number of benzene rings is 6. The highest BCUT2D eigenvalue weighted by atomic mass is 32.1. The number of aryl methyl sites for hydroxylation is 3. The fourth-order valence-electron chi connectivity index (χ4n) is 10.9. The van der Waals surface area contributed by atoms with Crippen LogP contribution in [0.1, 0.15) is 47.8 Å². The molecule has 506 valence electrons. The van der Waals surface area contributed by atoms with Crippen molar-refractivity contribution in [2.75, 3.05) is 120 Å². The zero-order chi connectivity index (χ0) is 69.3. The van der Waals surface area contributed by atoms with Crippen LogP contribution >= 0.6 is 34.0 Å². The standard InChI is InChI=1S/C27H28N6OS.C26H25N5O2S.C24H23N5OS/c1-19-8-9-22(16-24(19)30-27-31-25(18-35-27)21-6-4-10-28-17-21)29-26(34)20-5-3-7-23(15-20)33-13-11-32(2)12-14-33;1-18-7-8-21(15-23(18)29-26-30-24(17-34-26)20-5-3-9-27-16-20)28-25(32)19-4-2-6-22(14-19)31-10-12-33-13-11-31;1-16-9-10-19(26-23(30)17-6-4-8-20(12-17)29(2)3)13-21(16)27-24-28-22(15-31-24)18-7-5-11-25-14-18/h3-10,15-18H,11-14H2,1-2H3,(H,29,34)(H,30,31);2-9,14-17H,10-13H2,1H3,(H,28,32)(H,29,30);4-15H,1-3H3,(H,26,30)(H,27,28). The van der Waals surface area contributed by atoms with Gasteiger partial charge in [0.1, 0.15) is 0 Å². The number of pyridine rings is 3. The van der Waals surface area contributed by atoms with Crippen LogP contribution in [-0.2, 0) is 4.74 Å². The summed E-state index contributed by atoms with van der Waals surface area (Å²) in [5, 5.41) is 27.6. The number of hydrogen-bond donors (Lipinski definition) is 6. The van der Waals surface area contributed by atoms with Crippen LogP contribution in [-0.4, -0.2) is 126 Å². The number of aromatic nitrogens is 6. The minimum absolute atomic E-state index is 0.121. The molecule has 100 heavy (non-hydrogen) atoms. The number of nitrogens with one attached hydrogen (secondary N) is 6. The summed E-state index contributed by atoms with van der Waals surface area (Å²) in [5.41, 5.74) is 18.6. The van der Waals surface area contributed by atoms with E-state index in [2.05, 4.69) is 89.6 Å². The van der Waals surface area contributed by atoms with Crippen molar-refractivity contribution in [1.29, 1.82) is 0 Å². The van der Waals surface area contributed by atoms with Crippen LogP contribution in [0, 0.1) is 20.8 Å². The van der Waals surface area contributed by atoms with Gasteiger partial charge in [-0.2, -0.15) is 0 Å². The quantitative estimate of drug-likeness (QED) is 0.0470. The summed E-state index contributed by atoms with van der Waals surface area (Å²) < 4.78 is 5.43. The molecule has 3 amide bonds. The van der Waals surface area contributed by atoms with E-state index in [4.69, 9.17) is 4.74 Å². The highest BCUT2D eigenvalue weighted by Crippen LogP contribution is 2.34. The Morgan fingerprint density at radius 3 is 1.17 bits per heavy atom. The normalized spacial score (nSPS) is 12.8. The molecule has 23 heteroatoms. The molecule has 0 spiro atoms. The predicted molar refractivity (Wildman–Crippen MR) is 410 cm³/mol. The van der Waals surface area contributed by atoms with Crippen LogP contribution in [0.3, 0.4) is 0 Å². The first-order valence-electron chi connectivity index (χ1n) is 32.6. The molecule has 12 aromatic rings. The van der Waals surface area contributed by atoms with Crippen molar-refractivity contribution in [2.45, 2.75) is 20.8 Å². The lowest BCUT2D eigenvalue weighted by molar-refractivity contribution is 0.101. The third-order valence-corrected chi connectivity index (χ3v) is 19.0. The van der Waals surface area contributed by atoms with E-state index in [0.717, 1.165) is 156 Å². The van der Waals surface area contributed by atoms with Crippen LogP contribution in [0.25, 0.3) is 33.8 Å². The van der Waals surface area contributed by atoms with Crippen molar-refractivity contribution >= 4 is 118 Å². The van der Waals surface area contributed by atoms with E-state index >= 15 is 0 Å². The van der Waals surface area contributed by atoms with E-state index in [1.807, 2.05) is 214 Å². The van der Waals surface area contributed by atoms with Crippen LogP contribution in [0.15, 0.2) is 217 Å². The molecule has 0 bridgehead atoms. The molecule has 0 unspecified atom stereocenters. The molecule has 2 aliphatic heterocycles. The summed E-state index contributed by atoms with van der Waals surface area (Å²) in [4.78, 5) is 74.1. The molecular weight excluding hydrogens is 1310 g/mol. The summed E-state index contributed by atoms with van der Waals surface area (Å²) in [5.74, 6) is -0.409. The number of morpholine rings is 1. The number of carbonyl (C=O) groups excluding carboxylic acids is 3. The number of hydrogen-bond acceptors (Lipinski definition) is 20. The Morgan fingerprint density at radius 2 is 0.800 bits per heavy atom. The van der Waals surface area contributed by atoms with Crippen molar-refractivity contribution in [1.82, 2.24) is 34.8 Å². The number of piperazine rings is 1. The smallest absolute Gasteiger partial charge is 0.255 e. The fourth-order valence-corrected chi connectivity index (χ4v) is 13.1. The molecule has 0 saturated carbocycles. The number of likely N-dealkylation sites (N-methyl/N-ethyl adjacent to an activating group) is 1. The predicted octanol–water partition coefficient (Wildman–Crippen LogP) is 16.2. The molecule has 2 fully saturated rings. The summed E-state index contributed by atoms with van der Waals surface area (Å²) in [7, 11) is 6.04. The van der Waals surface area contributed by atoms with Crippen LogP contribution in [0.5, 0.6) is 0 Å².